The minimum atomic E-state index is 0.613. The van der Waals surface area contributed by atoms with Crippen molar-refractivity contribution in [2.75, 3.05) is 11.9 Å². The zero-order valence-corrected chi connectivity index (χ0v) is 10.6. The normalized spacial score (nSPS) is 10.7. The molecule has 2 heterocycles. The number of hydrogen-bond acceptors (Lipinski definition) is 5. The van der Waals surface area contributed by atoms with Crippen LogP contribution in [0.3, 0.4) is 0 Å². The SMILES string of the molecule is CCNc1nnc(Cn2ncc(Cl)c2C)s1. The van der Waals surface area contributed by atoms with Gasteiger partial charge in [-0.1, -0.05) is 22.9 Å². The van der Waals surface area contributed by atoms with Crippen molar-refractivity contribution in [1.29, 1.82) is 0 Å². The molecule has 0 spiro atoms. The predicted molar refractivity (Wildman–Crippen MR) is 65.1 cm³/mol. The third-order valence-electron chi connectivity index (χ3n) is 2.12. The highest BCUT2D eigenvalue weighted by Gasteiger charge is 2.08. The summed E-state index contributed by atoms with van der Waals surface area (Å²) in [4.78, 5) is 0. The summed E-state index contributed by atoms with van der Waals surface area (Å²) in [5, 5.41) is 17.8. The standard InChI is InChI=1S/C9H12ClN5S/c1-3-11-9-14-13-8(16-9)5-15-6(2)7(10)4-12-15/h4H,3,5H2,1-2H3,(H,11,14). The molecule has 0 saturated carbocycles. The van der Waals surface area contributed by atoms with Gasteiger partial charge in [-0.3, -0.25) is 4.68 Å². The van der Waals surface area contributed by atoms with E-state index in [1.807, 2.05) is 18.5 Å². The van der Waals surface area contributed by atoms with Crippen LogP contribution >= 0.6 is 22.9 Å². The van der Waals surface area contributed by atoms with Crippen LogP contribution in [0.15, 0.2) is 6.20 Å². The molecule has 0 saturated heterocycles. The van der Waals surface area contributed by atoms with Gasteiger partial charge in [0.15, 0.2) is 0 Å². The molecule has 5 nitrogen and oxygen atoms in total. The Bertz CT molecular complexity index is 478. The predicted octanol–water partition coefficient (Wildman–Crippen LogP) is 2.18. The molecule has 16 heavy (non-hydrogen) atoms. The average molecular weight is 258 g/mol. The fourth-order valence-corrected chi connectivity index (χ4v) is 2.18. The van der Waals surface area contributed by atoms with Crippen LogP contribution in [0.1, 0.15) is 17.6 Å². The highest BCUT2D eigenvalue weighted by Crippen LogP contribution is 2.18. The fourth-order valence-electron chi connectivity index (χ4n) is 1.25. The maximum Gasteiger partial charge on any atom is 0.205 e. The van der Waals surface area contributed by atoms with Gasteiger partial charge >= 0.3 is 0 Å². The summed E-state index contributed by atoms with van der Waals surface area (Å²) in [6.07, 6.45) is 1.64. The number of rotatable bonds is 4. The first-order valence-corrected chi connectivity index (χ1v) is 6.14. The van der Waals surface area contributed by atoms with E-state index in [1.54, 1.807) is 6.20 Å². The lowest BCUT2D eigenvalue weighted by atomic mass is 10.5. The van der Waals surface area contributed by atoms with Gasteiger partial charge in [-0.15, -0.1) is 10.2 Å². The number of aromatic nitrogens is 4. The minimum absolute atomic E-state index is 0.613. The molecule has 2 aromatic rings. The maximum atomic E-state index is 5.92. The lowest BCUT2D eigenvalue weighted by Gasteiger charge is -1.99. The summed E-state index contributed by atoms with van der Waals surface area (Å²) >= 11 is 7.46. The number of hydrogen-bond donors (Lipinski definition) is 1. The Labute approximate surface area is 102 Å². The molecule has 0 fully saturated rings. The molecule has 0 bridgehead atoms. The summed E-state index contributed by atoms with van der Waals surface area (Å²) in [6.45, 7) is 5.42. The molecule has 86 valence electrons. The lowest BCUT2D eigenvalue weighted by Crippen LogP contribution is -2.03. The molecule has 2 aromatic heterocycles. The fraction of sp³-hybridized carbons (Fsp3) is 0.444. The highest BCUT2D eigenvalue weighted by atomic mass is 35.5. The topological polar surface area (TPSA) is 55.6 Å². The largest absolute Gasteiger partial charge is 0.360 e. The van der Waals surface area contributed by atoms with Crippen molar-refractivity contribution in [2.24, 2.45) is 0 Å². The molecule has 0 aliphatic heterocycles. The van der Waals surface area contributed by atoms with Crippen LogP contribution in [0.5, 0.6) is 0 Å². The molecule has 0 aliphatic rings. The van der Waals surface area contributed by atoms with Gasteiger partial charge in [0.2, 0.25) is 5.13 Å². The Hall–Kier alpha value is -1.14. The van der Waals surface area contributed by atoms with Crippen molar-refractivity contribution in [1.82, 2.24) is 20.0 Å². The first-order chi connectivity index (χ1) is 7.70. The van der Waals surface area contributed by atoms with Crippen molar-refractivity contribution >= 4 is 28.1 Å². The Balaban J connectivity index is 2.11. The maximum absolute atomic E-state index is 5.92. The van der Waals surface area contributed by atoms with E-state index >= 15 is 0 Å². The summed E-state index contributed by atoms with van der Waals surface area (Å²) in [6, 6.07) is 0. The van der Waals surface area contributed by atoms with Crippen molar-refractivity contribution in [2.45, 2.75) is 20.4 Å². The van der Waals surface area contributed by atoms with Gasteiger partial charge in [-0.25, -0.2) is 0 Å². The number of halogens is 1. The second-order valence-corrected chi connectivity index (χ2v) is 4.74. The van der Waals surface area contributed by atoms with Crippen LogP contribution in [-0.2, 0) is 6.54 Å². The van der Waals surface area contributed by atoms with Crippen LogP contribution in [-0.4, -0.2) is 26.5 Å². The zero-order chi connectivity index (χ0) is 11.5. The molecule has 0 radical (unpaired) electrons. The number of nitrogens with one attached hydrogen (secondary N) is 1. The van der Waals surface area contributed by atoms with E-state index in [4.69, 9.17) is 11.6 Å². The van der Waals surface area contributed by atoms with Crippen molar-refractivity contribution in [3.63, 3.8) is 0 Å². The van der Waals surface area contributed by atoms with Crippen molar-refractivity contribution in [3.8, 4) is 0 Å². The molecular formula is C9H12ClN5S. The minimum Gasteiger partial charge on any atom is -0.360 e. The summed E-state index contributed by atoms with van der Waals surface area (Å²) in [5.74, 6) is 0. The van der Waals surface area contributed by atoms with E-state index < -0.39 is 0 Å². The summed E-state index contributed by atoms with van der Waals surface area (Å²) < 4.78 is 1.82. The number of nitrogens with zero attached hydrogens (tertiary/aromatic N) is 4. The smallest absolute Gasteiger partial charge is 0.205 e. The van der Waals surface area contributed by atoms with E-state index in [0.29, 0.717) is 11.6 Å². The first-order valence-electron chi connectivity index (χ1n) is 4.95. The van der Waals surface area contributed by atoms with Crippen LogP contribution in [0.2, 0.25) is 5.02 Å². The van der Waals surface area contributed by atoms with E-state index in [2.05, 4.69) is 20.6 Å². The van der Waals surface area contributed by atoms with E-state index in [1.165, 1.54) is 11.3 Å². The van der Waals surface area contributed by atoms with Gasteiger partial charge in [0, 0.05) is 6.54 Å². The molecule has 0 unspecified atom stereocenters. The molecule has 0 aliphatic carbocycles. The molecule has 7 heteroatoms. The van der Waals surface area contributed by atoms with Gasteiger partial charge in [0.25, 0.3) is 0 Å². The van der Waals surface area contributed by atoms with E-state index in [-0.39, 0.29) is 0 Å². The van der Waals surface area contributed by atoms with Gasteiger partial charge in [0.1, 0.15) is 5.01 Å². The second kappa shape index (κ2) is 4.80. The second-order valence-electron chi connectivity index (χ2n) is 3.27. The first kappa shape index (κ1) is 11.3. The van der Waals surface area contributed by atoms with Crippen LogP contribution in [0, 0.1) is 6.92 Å². The van der Waals surface area contributed by atoms with Crippen LogP contribution in [0.4, 0.5) is 5.13 Å². The van der Waals surface area contributed by atoms with Gasteiger partial charge in [-0.05, 0) is 13.8 Å². The lowest BCUT2D eigenvalue weighted by molar-refractivity contribution is 0.657. The quantitative estimate of drug-likeness (QED) is 0.912. The molecular weight excluding hydrogens is 246 g/mol. The number of anilines is 1. The Kier molecular flexibility index (Phi) is 3.40. The van der Waals surface area contributed by atoms with Gasteiger partial charge in [-0.2, -0.15) is 5.10 Å². The molecule has 0 aromatic carbocycles. The Morgan fingerprint density at radius 3 is 2.94 bits per heavy atom. The van der Waals surface area contributed by atoms with Gasteiger partial charge in [0.05, 0.1) is 23.5 Å². The van der Waals surface area contributed by atoms with Crippen molar-refractivity contribution in [3.05, 3.63) is 21.9 Å². The highest BCUT2D eigenvalue weighted by molar-refractivity contribution is 7.15. The Morgan fingerprint density at radius 1 is 1.50 bits per heavy atom. The average Bonchev–Trinajstić information content (AvgIpc) is 2.82. The molecule has 0 amide bonds. The summed E-state index contributed by atoms with van der Waals surface area (Å²) in [5.41, 5.74) is 0.946. The van der Waals surface area contributed by atoms with E-state index in [0.717, 1.165) is 22.4 Å². The van der Waals surface area contributed by atoms with E-state index in [9.17, 15) is 0 Å². The van der Waals surface area contributed by atoms with Crippen molar-refractivity contribution < 1.29 is 0 Å². The van der Waals surface area contributed by atoms with Crippen LogP contribution in [0.25, 0.3) is 0 Å². The Morgan fingerprint density at radius 2 is 2.31 bits per heavy atom. The van der Waals surface area contributed by atoms with Crippen LogP contribution < -0.4 is 5.32 Å². The van der Waals surface area contributed by atoms with Gasteiger partial charge < -0.3 is 5.32 Å². The molecule has 0 atom stereocenters. The third kappa shape index (κ3) is 2.33. The molecule has 2 rings (SSSR count). The monoisotopic (exact) mass is 257 g/mol. The molecule has 1 N–H and O–H groups in total. The summed E-state index contributed by atoms with van der Waals surface area (Å²) in [7, 11) is 0. The third-order valence-corrected chi connectivity index (χ3v) is 3.36. The zero-order valence-electron chi connectivity index (χ0n) is 9.07.